The molecule has 0 aliphatic rings. The summed E-state index contributed by atoms with van der Waals surface area (Å²) in [5, 5.41) is 9.94. The highest BCUT2D eigenvalue weighted by atomic mass is 16.6. The summed E-state index contributed by atoms with van der Waals surface area (Å²) in [6.07, 6.45) is -0.197. The smallest absolute Gasteiger partial charge is 0.410 e. The van der Waals surface area contributed by atoms with Gasteiger partial charge in [-0.2, -0.15) is 0 Å². The first kappa shape index (κ1) is 41.9. The van der Waals surface area contributed by atoms with Gasteiger partial charge in [-0.05, 0) is 43.7 Å². The van der Waals surface area contributed by atoms with Crippen molar-refractivity contribution in [3.63, 3.8) is 0 Å². The first-order valence-electron chi connectivity index (χ1n) is 17.3. The van der Waals surface area contributed by atoms with Crippen LogP contribution in [0.4, 0.5) is 4.79 Å². The second-order valence-electron chi connectivity index (χ2n) is 14.4. The zero-order valence-corrected chi connectivity index (χ0v) is 31.4. The highest BCUT2D eigenvalue weighted by Gasteiger charge is 2.40. The lowest BCUT2D eigenvalue weighted by atomic mass is 9.88. The van der Waals surface area contributed by atoms with Gasteiger partial charge in [-0.25, -0.2) is 9.59 Å². The average molecular weight is 696 g/mol. The molecule has 5 atom stereocenters. The minimum Gasteiger partial charge on any atom is -0.480 e. The van der Waals surface area contributed by atoms with Crippen LogP contribution in [-0.4, -0.2) is 101 Å². The van der Waals surface area contributed by atoms with E-state index in [4.69, 9.17) is 9.47 Å². The highest BCUT2D eigenvalue weighted by Crippen LogP contribution is 2.24. The van der Waals surface area contributed by atoms with Crippen LogP contribution >= 0.6 is 0 Å². The van der Waals surface area contributed by atoms with Gasteiger partial charge in [0.05, 0.1) is 24.2 Å². The number of hydrogen-bond acceptors (Lipinski definition) is 7. The largest absolute Gasteiger partial charge is 0.480 e. The average Bonchev–Trinajstić information content (AvgIpc) is 3.07. The van der Waals surface area contributed by atoms with E-state index in [1.165, 1.54) is 35.8 Å². The van der Waals surface area contributed by atoms with E-state index in [-0.39, 0.29) is 43.7 Å². The van der Waals surface area contributed by atoms with Gasteiger partial charge in [0.2, 0.25) is 11.8 Å². The van der Waals surface area contributed by atoms with Gasteiger partial charge < -0.3 is 29.3 Å². The molecule has 0 saturated heterocycles. The number of carboxylic acids is 1. The standard InChI is InChI=1S/C39H57N3O8/c1-11-27(4)34(42(10)38(48)49-24-29-20-16-13-17-21-29)32(43)23-30(25-50-39(5,6)7)35(44)40(8)31(22-28-18-14-12-15-19-28)36(45)41(9)33(26(2)3)37(46)47/h12-21,26-27,30-31,33-34H,11,22-25H2,1-10H3,(H,46,47)/t27-,30-,31-,33-,34-/m0/s1. The van der Waals surface area contributed by atoms with Crippen LogP contribution in [0.5, 0.6) is 0 Å². The Morgan fingerprint density at radius 3 is 1.78 bits per heavy atom. The van der Waals surface area contributed by atoms with Crippen LogP contribution in [0.3, 0.4) is 0 Å². The summed E-state index contributed by atoms with van der Waals surface area (Å²) in [6, 6.07) is 15.3. The summed E-state index contributed by atoms with van der Waals surface area (Å²) in [4.78, 5) is 71.8. The van der Waals surface area contributed by atoms with Crippen LogP contribution < -0.4 is 0 Å². The Morgan fingerprint density at radius 2 is 1.30 bits per heavy atom. The van der Waals surface area contributed by atoms with Gasteiger partial charge >= 0.3 is 12.1 Å². The van der Waals surface area contributed by atoms with Gasteiger partial charge in [-0.1, -0.05) is 94.8 Å². The molecule has 0 bridgehead atoms. The lowest BCUT2D eigenvalue weighted by molar-refractivity contribution is -0.156. The Labute approximate surface area is 297 Å². The van der Waals surface area contributed by atoms with Gasteiger partial charge in [0, 0.05) is 34.0 Å². The summed E-state index contributed by atoms with van der Waals surface area (Å²) in [7, 11) is 4.46. The van der Waals surface area contributed by atoms with E-state index in [1.54, 1.807) is 13.8 Å². The Morgan fingerprint density at radius 1 is 0.760 bits per heavy atom. The van der Waals surface area contributed by atoms with Crippen LogP contribution in [0.2, 0.25) is 0 Å². The van der Waals surface area contributed by atoms with Crippen molar-refractivity contribution in [3.8, 4) is 0 Å². The fourth-order valence-electron chi connectivity index (χ4n) is 5.94. The number of ether oxygens (including phenoxy) is 2. The molecule has 50 heavy (non-hydrogen) atoms. The summed E-state index contributed by atoms with van der Waals surface area (Å²) >= 11 is 0. The maximum Gasteiger partial charge on any atom is 0.410 e. The number of carbonyl (C=O) groups is 5. The Kier molecular flexibility index (Phi) is 16.1. The SMILES string of the molecule is CC[C@H](C)[C@@H](C(=O)C[C@@H](COC(C)(C)C)C(=O)N(C)[C@@H](Cc1ccccc1)C(=O)N(C)[C@H](C(=O)O)C(C)C)N(C)C(=O)OCc1ccccc1. The Hall–Kier alpha value is -4.25. The third-order valence-corrected chi connectivity index (χ3v) is 8.96. The number of likely N-dealkylation sites (N-methyl/N-ethyl adjacent to an activating group) is 3. The van der Waals surface area contributed by atoms with Gasteiger partial charge in [-0.15, -0.1) is 0 Å². The first-order chi connectivity index (χ1) is 23.4. The maximum absolute atomic E-state index is 14.4. The second-order valence-corrected chi connectivity index (χ2v) is 14.4. The second kappa shape index (κ2) is 19.2. The number of nitrogens with zero attached hydrogens (tertiary/aromatic N) is 3. The fourth-order valence-corrected chi connectivity index (χ4v) is 5.94. The quantitative estimate of drug-likeness (QED) is 0.210. The van der Waals surface area contributed by atoms with Crippen LogP contribution in [0.1, 0.15) is 72.4 Å². The molecular formula is C39H57N3O8. The monoisotopic (exact) mass is 695 g/mol. The molecule has 11 nitrogen and oxygen atoms in total. The molecule has 0 aromatic heterocycles. The van der Waals surface area contributed by atoms with Crippen molar-refractivity contribution < 1.29 is 38.6 Å². The lowest BCUT2D eigenvalue weighted by Crippen LogP contribution is -2.56. The van der Waals surface area contributed by atoms with E-state index in [1.807, 2.05) is 95.3 Å². The Bertz CT molecular complexity index is 1410. The molecular weight excluding hydrogens is 638 g/mol. The molecule has 3 amide bonds. The number of benzene rings is 2. The topological polar surface area (TPSA) is 134 Å². The van der Waals surface area contributed by atoms with E-state index in [9.17, 15) is 29.1 Å². The molecule has 0 spiro atoms. The molecule has 0 heterocycles. The number of hydrogen-bond donors (Lipinski definition) is 1. The first-order valence-corrected chi connectivity index (χ1v) is 17.3. The van der Waals surface area contributed by atoms with Crippen molar-refractivity contribution >= 4 is 29.7 Å². The van der Waals surface area contributed by atoms with Gasteiger partial charge in [0.25, 0.3) is 0 Å². The third kappa shape index (κ3) is 12.3. The van der Waals surface area contributed by atoms with Crippen LogP contribution in [-0.2, 0) is 41.7 Å². The predicted molar refractivity (Wildman–Crippen MR) is 192 cm³/mol. The van der Waals surface area contributed by atoms with Crippen molar-refractivity contribution in [2.24, 2.45) is 17.8 Å². The molecule has 1 N–H and O–H groups in total. The van der Waals surface area contributed by atoms with Crippen molar-refractivity contribution in [1.82, 2.24) is 14.7 Å². The lowest BCUT2D eigenvalue weighted by Gasteiger charge is -2.37. The maximum atomic E-state index is 14.4. The molecule has 0 aliphatic carbocycles. The zero-order chi connectivity index (χ0) is 37.8. The molecule has 2 rings (SSSR count). The van der Waals surface area contributed by atoms with Crippen LogP contribution in [0, 0.1) is 17.8 Å². The molecule has 0 saturated carbocycles. The van der Waals surface area contributed by atoms with Crippen LogP contribution in [0.15, 0.2) is 60.7 Å². The van der Waals surface area contributed by atoms with Gasteiger partial charge in [0.15, 0.2) is 5.78 Å². The van der Waals surface area contributed by atoms with Gasteiger partial charge in [-0.3, -0.25) is 14.4 Å². The number of aliphatic carboxylic acids is 1. The van der Waals surface area contributed by atoms with E-state index >= 15 is 0 Å². The molecule has 0 unspecified atom stereocenters. The number of rotatable bonds is 18. The molecule has 0 radical (unpaired) electrons. The molecule has 2 aromatic carbocycles. The van der Waals surface area contributed by atoms with Crippen LogP contribution in [0.25, 0.3) is 0 Å². The van der Waals surface area contributed by atoms with Crippen molar-refractivity contribution in [1.29, 1.82) is 0 Å². The zero-order valence-electron chi connectivity index (χ0n) is 31.4. The van der Waals surface area contributed by atoms with E-state index in [0.29, 0.717) is 6.42 Å². The molecule has 0 fully saturated rings. The van der Waals surface area contributed by atoms with E-state index in [2.05, 4.69) is 0 Å². The summed E-state index contributed by atoms with van der Waals surface area (Å²) in [5.74, 6) is -4.16. The van der Waals surface area contributed by atoms with Crippen molar-refractivity contribution in [2.75, 3.05) is 27.7 Å². The molecule has 276 valence electrons. The molecule has 0 aliphatic heterocycles. The molecule has 2 aromatic rings. The van der Waals surface area contributed by atoms with E-state index in [0.717, 1.165) is 11.1 Å². The number of amides is 3. The molecule has 11 heteroatoms. The predicted octanol–water partition coefficient (Wildman–Crippen LogP) is 5.70. The highest BCUT2D eigenvalue weighted by molar-refractivity contribution is 5.94. The van der Waals surface area contributed by atoms with Crippen molar-refractivity contribution in [2.45, 2.75) is 98.1 Å². The fraction of sp³-hybridized carbons (Fsp3) is 0.564. The number of carbonyl (C=O) groups excluding carboxylic acids is 4. The minimum atomic E-state index is -1.15. The number of Topliss-reactive ketones (excluding diaryl/α,β-unsaturated/α-hetero) is 1. The third-order valence-electron chi connectivity index (χ3n) is 8.96. The number of ketones is 1. The minimum absolute atomic E-state index is 0.0432. The summed E-state index contributed by atoms with van der Waals surface area (Å²) < 4.78 is 11.6. The van der Waals surface area contributed by atoms with Gasteiger partial charge in [0.1, 0.15) is 18.7 Å². The summed E-state index contributed by atoms with van der Waals surface area (Å²) in [6.45, 7) is 12.7. The van der Waals surface area contributed by atoms with E-state index < -0.39 is 53.5 Å². The van der Waals surface area contributed by atoms with Crippen molar-refractivity contribution in [3.05, 3.63) is 71.8 Å². The Balaban J connectivity index is 2.45. The summed E-state index contributed by atoms with van der Waals surface area (Å²) in [5.41, 5.74) is 0.947. The normalized spacial score (nSPS) is 14.5. The number of carboxylic acid groups (broad SMARTS) is 1.